The topological polar surface area (TPSA) is 43.4 Å². The molecular weight excluding hydrogens is 319 g/mol. The van der Waals surface area contributed by atoms with E-state index < -0.39 is 6.17 Å². The summed E-state index contributed by atoms with van der Waals surface area (Å²) in [6, 6.07) is 0. The molecule has 0 N–H and O–H groups in total. The van der Waals surface area contributed by atoms with Gasteiger partial charge in [-0.3, -0.25) is 9.59 Å². The normalized spacial score (nSPS) is 48.9. The maximum atomic E-state index is 13.9. The van der Waals surface area contributed by atoms with Crippen LogP contribution in [-0.2, 0) is 14.3 Å². The van der Waals surface area contributed by atoms with Crippen molar-refractivity contribution in [3.8, 4) is 0 Å². The smallest absolute Gasteiger partial charge is 0.302 e. The molecule has 0 saturated heterocycles. The van der Waals surface area contributed by atoms with Crippen molar-refractivity contribution in [3.63, 3.8) is 0 Å². The van der Waals surface area contributed by atoms with Gasteiger partial charge in [0, 0.05) is 24.3 Å². The number of fused-ring (bicyclic) bond motifs is 5. The van der Waals surface area contributed by atoms with Crippen LogP contribution in [0.2, 0.25) is 0 Å². The van der Waals surface area contributed by atoms with Crippen molar-refractivity contribution in [1.29, 1.82) is 0 Å². The van der Waals surface area contributed by atoms with Crippen LogP contribution in [0.4, 0.5) is 4.39 Å². The maximum Gasteiger partial charge on any atom is 0.302 e. The van der Waals surface area contributed by atoms with Gasteiger partial charge in [0.05, 0.1) is 0 Å². The number of Topliss-reactive ketones (excluding diaryl/α,β-unsaturated/α-hetero) is 1. The number of carbonyl (C=O) groups is 2. The van der Waals surface area contributed by atoms with Crippen molar-refractivity contribution in [1.82, 2.24) is 0 Å². The van der Waals surface area contributed by atoms with E-state index in [0.717, 1.165) is 37.7 Å². The van der Waals surface area contributed by atoms with Crippen LogP contribution >= 0.6 is 0 Å². The number of esters is 1. The van der Waals surface area contributed by atoms with Gasteiger partial charge >= 0.3 is 5.97 Å². The highest BCUT2D eigenvalue weighted by molar-refractivity contribution is 5.98. The fraction of sp³-hybridized carbons (Fsp3) is 0.810. The Kier molecular flexibility index (Phi) is 3.90. The molecule has 3 saturated carbocycles. The summed E-state index contributed by atoms with van der Waals surface area (Å²) in [7, 11) is 0. The van der Waals surface area contributed by atoms with Gasteiger partial charge < -0.3 is 4.74 Å². The number of ether oxygens (including phenoxy) is 1. The Morgan fingerprint density at radius 3 is 2.64 bits per heavy atom. The van der Waals surface area contributed by atoms with Crippen LogP contribution in [0.1, 0.15) is 65.7 Å². The molecule has 4 aliphatic carbocycles. The number of alkyl halides is 1. The van der Waals surface area contributed by atoms with E-state index in [1.807, 2.05) is 0 Å². The van der Waals surface area contributed by atoms with Crippen molar-refractivity contribution < 1.29 is 18.7 Å². The van der Waals surface area contributed by atoms with Crippen LogP contribution in [0.3, 0.4) is 0 Å². The van der Waals surface area contributed by atoms with Crippen molar-refractivity contribution in [3.05, 3.63) is 11.6 Å². The zero-order valence-corrected chi connectivity index (χ0v) is 15.5. The molecule has 0 aromatic rings. The number of ketones is 1. The first-order chi connectivity index (χ1) is 11.8. The molecule has 4 rings (SSSR count). The van der Waals surface area contributed by atoms with Crippen LogP contribution in [0.5, 0.6) is 0 Å². The van der Waals surface area contributed by atoms with Gasteiger partial charge in [-0.25, -0.2) is 4.39 Å². The summed E-state index contributed by atoms with van der Waals surface area (Å²) in [5.41, 5.74) is 0.594. The minimum Gasteiger partial charge on any atom is -0.462 e. The van der Waals surface area contributed by atoms with Crippen LogP contribution in [0.15, 0.2) is 11.6 Å². The molecular formula is C21H29FO3. The molecule has 4 heteroatoms. The van der Waals surface area contributed by atoms with Gasteiger partial charge in [0.25, 0.3) is 0 Å². The Morgan fingerprint density at radius 1 is 1.16 bits per heavy atom. The summed E-state index contributed by atoms with van der Waals surface area (Å²) < 4.78 is 19.5. The van der Waals surface area contributed by atoms with Crippen LogP contribution in [0.25, 0.3) is 0 Å². The molecule has 0 bridgehead atoms. The second kappa shape index (κ2) is 5.65. The standard InChI is InChI=1S/C21H29FO3/c1-12(23)25-19-5-4-15-14-11-18(24)17-10-13(22)6-8-20(17,2)16(14)7-9-21(15,19)3/h10,13-16,19H,4-9,11H2,1-3H3. The SMILES string of the molecule is CC(=O)OC1CCC2C3CC(=O)C4=CC(F)CCC4(C)C3CCC12C. The molecule has 0 aromatic heterocycles. The first-order valence-corrected chi connectivity index (χ1v) is 9.82. The summed E-state index contributed by atoms with van der Waals surface area (Å²) >= 11 is 0. The molecule has 138 valence electrons. The van der Waals surface area contributed by atoms with Gasteiger partial charge in [-0.1, -0.05) is 13.8 Å². The van der Waals surface area contributed by atoms with Gasteiger partial charge in [0.1, 0.15) is 12.3 Å². The number of rotatable bonds is 1. The van der Waals surface area contributed by atoms with E-state index in [9.17, 15) is 14.0 Å². The molecule has 0 aromatic carbocycles. The van der Waals surface area contributed by atoms with Crippen molar-refractivity contribution in [2.24, 2.45) is 28.6 Å². The van der Waals surface area contributed by atoms with Crippen molar-refractivity contribution >= 4 is 11.8 Å². The Morgan fingerprint density at radius 2 is 1.92 bits per heavy atom. The summed E-state index contributed by atoms with van der Waals surface area (Å²) in [5.74, 6) is 1.20. The monoisotopic (exact) mass is 348 g/mol. The quantitative estimate of drug-likeness (QED) is 0.660. The lowest BCUT2D eigenvalue weighted by Gasteiger charge is -2.57. The van der Waals surface area contributed by atoms with E-state index in [0.29, 0.717) is 30.6 Å². The van der Waals surface area contributed by atoms with E-state index in [-0.39, 0.29) is 28.7 Å². The second-order valence-corrected chi connectivity index (χ2v) is 9.28. The lowest BCUT2D eigenvalue weighted by Crippen LogP contribution is -2.53. The van der Waals surface area contributed by atoms with Crippen molar-refractivity contribution in [2.45, 2.75) is 78.0 Å². The third kappa shape index (κ3) is 2.43. The number of halogens is 1. The van der Waals surface area contributed by atoms with Gasteiger partial charge in [-0.05, 0) is 67.8 Å². The number of hydrogen-bond donors (Lipinski definition) is 0. The highest BCUT2D eigenvalue weighted by Crippen LogP contribution is 2.65. The van der Waals surface area contributed by atoms with E-state index >= 15 is 0 Å². The van der Waals surface area contributed by atoms with E-state index in [2.05, 4.69) is 13.8 Å². The van der Waals surface area contributed by atoms with E-state index in [1.165, 1.54) is 6.92 Å². The first kappa shape index (κ1) is 17.2. The number of allylic oxidation sites excluding steroid dienone is 2. The van der Waals surface area contributed by atoms with Crippen LogP contribution in [0, 0.1) is 28.6 Å². The fourth-order valence-corrected chi connectivity index (χ4v) is 6.86. The molecule has 0 heterocycles. The van der Waals surface area contributed by atoms with Gasteiger partial charge in [0.2, 0.25) is 0 Å². The molecule has 0 radical (unpaired) electrons. The molecule has 3 nitrogen and oxygen atoms in total. The maximum absolute atomic E-state index is 13.9. The first-order valence-electron chi connectivity index (χ1n) is 9.82. The number of hydrogen-bond acceptors (Lipinski definition) is 3. The molecule has 7 unspecified atom stereocenters. The summed E-state index contributed by atoms with van der Waals surface area (Å²) in [6.45, 7) is 5.94. The Balaban J connectivity index is 1.66. The molecule has 0 aliphatic heterocycles. The minimum atomic E-state index is -0.961. The average Bonchev–Trinajstić information content (AvgIpc) is 2.86. The average molecular weight is 348 g/mol. The fourth-order valence-electron chi connectivity index (χ4n) is 6.86. The highest BCUT2D eigenvalue weighted by Gasteiger charge is 2.61. The third-order valence-electron chi connectivity index (χ3n) is 8.10. The molecule has 25 heavy (non-hydrogen) atoms. The summed E-state index contributed by atoms with van der Waals surface area (Å²) in [4.78, 5) is 24.4. The predicted molar refractivity (Wildman–Crippen MR) is 92.5 cm³/mol. The zero-order valence-electron chi connectivity index (χ0n) is 15.5. The largest absolute Gasteiger partial charge is 0.462 e. The molecule has 0 spiro atoms. The van der Waals surface area contributed by atoms with Crippen molar-refractivity contribution in [2.75, 3.05) is 0 Å². The number of carbonyl (C=O) groups excluding carboxylic acids is 2. The molecule has 0 amide bonds. The second-order valence-electron chi connectivity index (χ2n) is 9.28. The summed E-state index contributed by atoms with van der Waals surface area (Å²) in [5, 5.41) is 0. The Labute approximate surface area is 149 Å². The third-order valence-corrected chi connectivity index (χ3v) is 8.10. The minimum absolute atomic E-state index is 0.0119. The highest BCUT2D eigenvalue weighted by atomic mass is 19.1. The lowest BCUT2D eigenvalue weighted by atomic mass is 9.47. The predicted octanol–water partition coefficient (Wildman–Crippen LogP) is 4.40. The molecule has 4 aliphatic rings. The Bertz CT molecular complexity index is 641. The van der Waals surface area contributed by atoms with Gasteiger partial charge in [0.15, 0.2) is 5.78 Å². The van der Waals surface area contributed by atoms with E-state index in [1.54, 1.807) is 6.08 Å². The zero-order chi connectivity index (χ0) is 18.0. The van der Waals surface area contributed by atoms with Gasteiger partial charge in [-0.15, -0.1) is 0 Å². The molecule has 3 fully saturated rings. The van der Waals surface area contributed by atoms with Crippen LogP contribution < -0.4 is 0 Å². The Hall–Kier alpha value is -1.19. The van der Waals surface area contributed by atoms with E-state index in [4.69, 9.17) is 4.74 Å². The van der Waals surface area contributed by atoms with Gasteiger partial charge in [-0.2, -0.15) is 0 Å². The van der Waals surface area contributed by atoms with Crippen LogP contribution in [-0.4, -0.2) is 24.0 Å². The molecule has 7 atom stereocenters. The lowest BCUT2D eigenvalue weighted by molar-refractivity contribution is -0.158. The summed E-state index contributed by atoms with van der Waals surface area (Å²) in [6.07, 6.45) is 6.53.